The molecule has 0 bridgehead atoms. The van der Waals surface area contributed by atoms with Gasteiger partial charge in [-0.25, -0.2) is 4.98 Å². The van der Waals surface area contributed by atoms with Crippen LogP contribution in [0.15, 0.2) is 24.3 Å². The van der Waals surface area contributed by atoms with Crippen molar-refractivity contribution >= 4 is 21.6 Å². The average molecular weight is 304 g/mol. The van der Waals surface area contributed by atoms with E-state index in [1.807, 2.05) is 6.07 Å². The van der Waals surface area contributed by atoms with Gasteiger partial charge in [0.15, 0.2) is 0 Å². The Morgan fingerprint density at radius 1 is 1.33 bits per heavy atom. The zero-order valence-electron chi connectivity index (χ0n) is 12.6. The first kappa shape index (κ1) is 14.9. The van der Waals surface area contributed by atoms with E-state index in [1.54, 1.807) is 11.3 Å². The standard InChI is InChI=1S/C17H24N2OS/c1-12(18-14-7-3-2-6-13(14)11-20)10-17-19-15-8-4-5-9-16(15)21-17/h4-5,8-9,12-14,18,20H,2-3,6-7,10-11H2,1H3. The van der Waals surface area contributed by atoms with Crippen LogP contribution in [0.2, 0.25) is 0 Å². The maximum Gasteiger partial charge on any atom is 0.0954 e. The summed E-state index contributed by atoms with van der Waals surface area (Å²) < 4.78 is 1.27. The smallest absolute Gasteiger partial charge is 0.0954 e. The third-order valence-corrected chi connectivity index (χ3v) is 5.52. The van der Waals surface area contributed by atoms with E-state index in [0.717, 1.165) is 18.4 Å². The molecule has 1 aliphatic carbocycles. The monoisotopic (exact) mass is 304 g/mol. The normalized spacial score (nSPS) is 24.3. The second-order valence-electron chi connectivity index (χ2n) is 6.18. The van der Waals surface area contributed by atoms with Crippen molar-refractivity contribution in [3.8, 4) is 0 Å². The molecule has 1 heterocycles. The highest BCUT2D eigenvalue weighted by atomic mass is 32.1. The van der Waals surface area contributed by atoms with Crippen molar-refractivity contribution in [2.24, 2.45) is 5.92 Å². The van der Waals surface area contributed by atoms with Crippen molar-refractivity contribution in [3.05, 3.63) is 29.3 Å². The molecule has 0 saturated heterocycles. The fourth-order valence-electron chi connectivity index (χ4n) is 3.34. The highest BCUT2D eigenvalue weighted by molar-refractivity contribution is 7.18. The van der Waals surface area contributed by atoms with Crippen molar-refractivity contribution < 1.29 is 5.11 Å². The molecule has 0 aliphatic heterocycles. The quantitative estimate of drug-likeness (QED) is 0.890. The highest BCUT2D eigenvalue weighted by Gasteiger charge is 2.25. The van der Waals surface area contributed by atoms with Crippen LogP contribution < -0.4 is 5.32 Å². The van der Waals surface area contributed by atoms with Gasteiger partial charge < -0.3 is 10.4 Å². The summed E-state index contributed by atoms with van der Waals surface area (Å²) in [5.74, 6) is 0.427. The van der Waals surface area contributed by atoms with Crippen molar-refractivity contribution in [1.82, 2.24) is 10.3 Å². The molecule has 2 N–H and O–H groups in total. The molecular weight excluding hydrogens is 280 g/mol. The molecule has 0 amide bonds. The molecule has 3 unspecified atom stereocenters. The molecule has 1 saturated carbocycles. The Hall–Kier alpha value is -0.970. The van der Waals surface area contributed by atoms with E-state index >= 15 is 0 Å². The van der Waals surface area contributed by atoms with Crippen LogP contribution in [0, 0.1) is 5.92 Å². The molecule has 1 fully saturated rings. The fraction of sp³-hybridized carbons (Fsp3) is 0.588. The number of benzene rings is 1. The number of rotatable bonds is 5. The summed E-state index contributed by atoms with van der Waals surface area (Å²) in [5.41, 5.74) is 1.11. The number of thiazole rings is 1. The summed E-state index contributed by atoms with van der Waals surface area (Å²) in [6.07, 6.45) is 5.85. The van der Waals surface area contributed by atoms with Gasteiger partial charge in [0, 0.05) is 25.1 Å². The molecule has 4 heteroatoms. The Kier molecular flexibility index (Phi) is 4.88. The lowest BCUT2D eigenvalue weighted by molar-refractivity contribution is 0.147. The van der Waals surface area contributed by atoms with E-state index < -0.39 is 0 Å². The predicted molar refractivity (Wildman–Crippen MR) is 88.8 cm³/mol. The number of nitrogens with zero attached hydrogens (tertiary/aromatic N) is 1. The maximum absolute atomic E-state index is 9.51. The molecule has 0 spiro atoms. The highest BCUT2D eigenvalue weighted by Crippen LogP contribution is 2.26. The van der Waals surface area contributed by atoms with E-state index in [-0.39, 0.29) is 0 Å². The number of aromatic nitrogens is 1. The van der Waals surface area contributed by atoms with Crippen LogP contribution in [0.3, 0.4) is 0 Å². The van der Waals surface area contributed by atoms with E-state index in [2.05, 4.69) is 30.4 Å². The topological polar surface area (TPSA) is 45.2 Å². The zero-order valence-corrected chi connectivity index (χ0v) is 13.4. The number of para-hydroxylation sites is 1. The summed E-state index contributed by atoms with van der Waals surface area (Å²) in [5, 5.41) is 14.4. The molecule has 2 aromatic rings. The van der Waals surface area contributed by atoms with E-state index in [4.69, 9.17) is 4.98 Å². The van der Waals surface area contributed by atoms with Gasteiger partial charge in [-0.2, -0.15) is 0 Å². The van der Waals surface area contributed by atoms with E-state index in [0.29, 0.717) is 24.6 Å². The second-order valence-corrected chi connectivity index (χ2v) is 7.30. The molecule has 21 heavy (non-hydrogen) atoms. The summed E-state index contributed by atoms with van der Waals surface area (Å²) in [6.45, 7) is 2.54. The molecule has 3 nitrogen and oxygen atoms in total. The van der Waals surface area contributed by atoms with Gasteiger partial charge in [-0.3, -0.25) is 0 Å². The second kappa shape index (κ2) is 6.86. The van der Waals surface area contributed by atoms with Crippen molar-refractivity contribution in [1.29, 1.82) is 0 Å². The van der Waals surface area contributed by atoms with Crippen LogP contribution in [0.5, 0.6) is 0 Å². The number of aliphatic hydroxyl groups excluding tert-OH is 1. The summed E-state index contributed by atoms with van der Waals surface area (Å²) in [7, 11) is 0. The molecule has 1 aromatic heterocycles. The fourth-order valence-corrected chi connectivity index (χ4v) is 4.44. The Balaban J connectivity index is 1.61. The van der Waals surface area contributed by atoms with Crippen molar-refractivity contribution in [2.75, 3.05) is 6.61 Å². The van der Waals surface area contributed by atoms with Gasteiger partial charge in [0.25, 0.3) is 0 Å². The van der Waals surface area contributed by atoms with Crippen molar-refractivity contribution in [3.63, 3.8) is 0 Å². The molecule has 1 aromatic carbocycles. The molecule has 3 atom stereocenters. The van der Waals surface area contributed by atoms with Crippen LogP contribution >= 0.6 is 11.3 Å². The minimum Gasteiger partial charge on any atom is -0.396 e. The molecule has 0 radical (unpaired) electrons. The largest absolute Gasteiger partial charge is 0.396 e. The number of nitrogens with one attached hydrogen (secondary N) is 1. The third kappa shape index (κ3) is 3.62. The first-order valence-electron chi connectivity index (χ1n) is 7.97. The third-order valence-electron chi connectivity index (χ3n) is 4.46. The minimum atomic E-state index is 0.311. The lowest BCUT2D eigenvalue weighted by atomic mass is 9.84. The van der Waals surface area contributed by atoms with Crippen LogP contribution in [-0.2, 0) is 6.42 Å². The summed E-state index contributed by atoms with van der Waals surface area (Å²) in [6, 6.07) is 9.20. The first-order valence-corrected chi connectivity index (χ1v) is 8.79. The Bertz CT molecular complexity index is 550. The number of fused-ring (bicyclic) bond motifs is 1. The first-order chi connectivity index (χ1) is 10.3. The SMILES string of the molecule is CC(Cc1nc2ccccc2s1)NC1CCCCC1CO. The molecule has 1 aliphatic rings. The lowest BCUT2D eigenvalue weighted by Crippen LogP contribution is -2.45. The van der Waals surface area contributed by atoms with Crippen molar-refractivity contribution in [2.45, 2.75) is 51.1 Å². The Labute approximate surface area is 130 Å². The van der Waals surface area contributed by atoms with Gasteiger partial charge in [0.2, 0.25) is 0 Å². The molecular formula is C17H24N2OS. The van der Waals surface area contributed by atoms with Gasteiger partial charge >= 0.3 is 0 Å². The average Bonchev–Trinajstić information content (AvgIpc) is 2.89. The molecule has 3 rings (SSSR count). The zero-order chi connectivity index (χ0) is 14.7. The number of aliphatic hydroxyl groups is 1. The van der Waals surface area contributed by atoms with Crippen LogP contribution in [0.25, 0.3) is 10.2 Å². The van der Waals surface area contributed by atoms with Crippen LogP contribution in [0.4, 0.5) is 0 Å². The van der Waals surface area contributed by atoms with Crippen LogP contribution in [0.1, 0.15) is 37.6 Å². The summed E-state index contributed by atoms with van der Waals surface area (Å²) >= 11 is 1.79. The van der Waals surface area contributed by atoms with Gasteiger partial charge in [-0.1, -0.05) is 25.0 Å². The minimum absolute atomic E-state index is 0.311. The Morgan fingerprint density at radius 3 is 2.95 bits per heavy atom. The van der Waals surface area contributed by atoms with E-state index in [1.165, 1.54) is 29.0 Å². The van der Waals surface area contributed by atoms with E-state index in [9.17, 15) is 5.11 Å². The summed E-state index contributed by atoms with van der Waals surface area (Å²) in [4.78, 5) is 4.71. The number of hydrogen-bond acceptors (Lipinski definition) is 4. The van der Waals surface area contributed by atoms with Gasteiger partial charge in [-0.05, 0) is 37.8 Å². The number of hydrogen-bond donors (Lipinski definition) is 2. The van der Waals surface area contributed by atoms with Gasteiger partial charge in [0.1, 0.15) is 0 Å². The Morgan fingerprint density at radius 2 is 2.14 bits per heavy atom. The predicted octanol–water partition coefficient (Wildman–Crippen LogP) is 3.37. The maximum atomic E-state index is 9.51. The van der Waals surface area contributed by atoms with Gasteiger partial charge in [-0.15, -0.1) is 11.3 Å². The molecule has 114 valence electrons. The van der Waals surface area contributed by atoms with Crippen LogP contribution in [-0.4, -0.2) is 28.8 Å². The van der Waals surface area contributed by atoms with Gasteiger partial charge in [0.05, 0.1) is 15.2 Å². The lowest BCUT2D eigenvalue weighted by Gasteiger charge is -2.33.